The van der Waals surface area contributed by atoms with Gasteiger partial charge in [-0.2, -0.15) is 0 Å². The molecule has 2 aromatic carbocycles. The molecule has 0 aliphatic carbocycles. The first-order valence-electron chi connectivity index (χ1n) is 12.6. The van der Waals surface area contributed by atoms with Crippen LogP contribution in [0, 0.1) is 0 Å². The van der Waals surface area contributed by atoms with E-state index in [0.717, 1.165) is 17.7 Å². The van der Waals surface area contributed by atoms with Crippen LogP contribution < -0.4 is 9.47 Å². The normalized spacial score (nSPS) is 19.6. The molecule has 1 N–H and O–H groups in total. The molecular formula is C29H25F3N2O6. The third-order valence-electron chi connectivity index (χ3n) is 6.73. The molecule has 2 aliphatic rings. The van der Waals surface area contributed by atoms with Crippen LogP contribution in [0.5, 0.6) is 11.5 Å². The Morgan fingerprint density at radius 2 is 1.70 bits per heavy atom. The molecule has 11 heteroatoms. The highest BCUT2D eigenvalue weighted by Gasteiger charge is 2.49. The standard InChI is InChI=1S/C29H25F3N2O6/c30-29(31,32)40-21-10-8-19(9-11-21)25-23(27(36)28(37)34(25)20-12-15-38-16-13-20)26(35)24-22(7-4-14-33-24)39-17-18-5-2-1-3-6-18/h1-11,14,20,25,35H,12-13,15-17H2/b26-23+. The highest BCUT2D eigenvalue weighted by Crippen LogP contribution is 2.43. The van der Waals surface area contributed by atoms with Gasteiger partial charge in [-0.05, 0) is 48.2 Å². The van der Waals surface area contributed by atoms with Crippen LogP contribution in [0.15, 0.2) is 78.5 Å². The molecule has 2 saturated heterocycles. The lowest BCUT2D eigenvalue weighted by atomic mass is 9.94. The van der Waals surface area contributed by atoms with E-state index in [1.165, 1.54) is 23.2 Å². The second-order valence-electron chi connectivity index (χ2n) is 9.29. The van der Waals surface area contributed by atoms with Crippen LogP contribution >= 0.6 is 0 Å². The summed E-state index contributed by atoms with van der Waals surface area (Å²) in [6.07, 6.45) is -2.56. The highest BCUT2D eigenvalue weighted by molar-refractivity contribution is 6.46. The van der Waals surface area contributed by atoms with Crippen LogP contribution in [-0.2, 0) is 20.9 Å². The Hall–Kier alpha value is -4.38. The Morgan fingerprint density at radius 1 is 1.00 bits per heavy atom. The molecule has 5 rings (SSSR count). The Labute approximate surface area is 227 Å². The average Bonchev–Trinajstić information content (AvgIpc) is 3.22. The maximum atomic E-state index is 13.4. The van der Waals surface area contributed by atoms with Crippen molar-refractivity contribution in [3.8, 4) is 11.5 Å². The van der Waals surface area contributed by atoms with E-state index in [4.69, 9.17) is 9.47 Å². The van der Waals surface area contributed by atoms with Crippen molar-refractivity contribution in [2.24, 2.45) is 0 Å². The number of ether oxygens (including phenoxy) is 3. The number of benzene rings is 2. The van der Waals surface area contributed by atoms with Gasteiger partial charge in [-0.25, -0.2) is 4.98 Å². The molecule has 1 atom stereocenters. The number of ketones is 1. The maximum absolute atomic E-state index is 13.4. The predicted octanol–water partition coefficient (Wildman–Crippen LogP) is 5.16. The fourth-order valence-corrected chi connectivity index (χ4v) is 4.92. The molecule has 3 aromatic rings. The Bertz CT molecular complexity index is 1400. The molecule has 8 nitrogen and oxygen atoms in total. The zero-order chi connectivity index (χ0) is 28.3. The largest absolute Gasteiger partial charge is 0.573 e. The van der Waals surface area contributed by atoms with Gasteiger partial charge >= 0.3 is 6.36 Å². The van der Waals surface area contributed by atoms with E-state index in [2.05, 4.69) is 9.72 Å². The summed E-state index contributed by atoms with van der Waals surface area (Å²) >= 11 is 0. The van der Waals surface area contributed by atoms with E-state index >= 15 is 0 Å². The zero-order valence-electron chi connectivity index (χ0n) is 21.1. The number of hydrogen-bond acceptors (Lipinski definition) is 7. The minimum absolute atomic E-state index is 0.0366. The van der Waals surface area contributed by atoms with Gasteiger partial charge in [-0.3, -0.25) is 9.59 Å². The number of amides is 1. The van der Waals surface area contributed by atoms with Crippen molar-refractivity contribution >= 4 is 17.4 Å². The van der Waals surface area contributed by atoms with E-state index in [0.29, 0.717) is 31.6 Å². The molecule has 0 bridgehead atoms. The summed E-state index contributed by atoms with van der Waals surface area (Å²) in [5, 5.41) is 11.5. The quantitative estimate of drug-likeness (QED) is 0.245. The molecule has 0 saturated carbocycles. The zero-order valence-corrected chi connectivity index (χ0v) is 21.1. The number of hydrogen-bond donors (Lipinski definition) is 1. The molecule has 1 unspecified atom stereocenters. The maximum Gasteiger partial charge on any atom is 0.573 e. The fourth-order valence-electron chi connectivity index (χ4n) is 4.92. The summed E-state index contributed by atoms with van der Waals surface area (Å²) in [4.78, 5) is 32.4. The van der Waals surface area contributed by atoms with Crippen molar-refractivity contribution < 1.29 is 42.1 Å². The first-order valence-corrected chi connectivity index (χ1v) is 12.6. The van der Waals surface area contributed by atoms with Gasteiger partial charge in [0.2, 0.25) is 0 Å². The van der Waals surface area contributed by atoms with Gasteiger partial charge in [0.05, 0.1) is 11.6 Å². The molecule has 40 heavy (non-hydrogen) atoms. The smallest absolute Gasteiger partial charge is 0.505 e. The van der Waals surface area contributed by atoms with E-state index in [-0.39, 0.29) is 29.7 Å². The molecule has 0 spiro atoms. The minimum atomic E-state index is -4.88. The van der Waals surface area contributed by atoms with Crippen LogP contribution in [0.4, 0.5) is 13.2 Å². The van der Waals surface area contributed by atoms with Gasteiger partial charge in [0.25, 0.3) is 11.7 Å². The van der Waals surface area contributed by atoms with Crippen molar-refractivity contribution in [1.29, 1.82) is 0 Å². The number of aliphatic hydroxyl groups excluding tert-OH is 1. The summed E-state index contributed by atoms with van der Waals surface area (Å²) in [5.74, 6) is -2.56. The number of pyridine rings is 1. The molecule has 208 valence electrons. The minimum Gasteiger partial charge on any atom is -0.505 e. The van der Waals surface area contributed by atoms with E-state index in [9.17, 15) is 27.9 Å². The second kappa shape index (κ2) is 11.4. The van der Waals surface area contributed by atoms with Gasteiger partial charge in [0, 0.05) is 25.5 Å². The van der Waals surface area contributed by atoms with Gasteiger partial charge in [0.1, 0.15) is 23.8 Å². The van der Waals surface area contributed by atoms with Crippen molar-refractivity contribution in [3.63, 3.8) is 0 Å². The van der Waals surface area contributed by atoms with Crippen LogP contribution in [0.2, 0.25) is 0 Å². The van der Waals surface area contributed by atoms with Crippen molar-refractivity contribution in [2.45, 2.75) is 37.9 Å². The fraction of sp³-hybridized carbons (Fsp3) is 0.276. The Kier molecular flexibility index (Phi) is 7.74. The average molecular weight is 555 g/mol. The van der Waals surface area contributed by atoms with Crippen LogP contribution in [0.25, 0.3) is 5.76 Å². The van der Waals surface area contributed by atoms with E-state index in [1.54, 1.807) is 12.1 Å². The van der Waals surface area contributed by atoms with Crippen LogP contribution in [0.1, 0.15) is 35.7 Å². The summed E-state index contributed by atoms with van der Waals surface area (Å²) in [5.41, 5.74) is 0.917. The molecule has 0 radical (unpaired) electrons. The lowest BCUT2D eigenvalue weighted by molar-refractivity contribution is -0.274. The predicted molar refractivity (Wildman–Crippen MR) is 136 cm³/mol. The second-order valence-corrected chi connectivity index (χ2v) is 9.29. The SMILES string of the molecule is O=C1C(=O)N(C2CCOCC2)C(c2ccc(OC(F)(F)F)cc2)/C1=C(\O)c1ncccc1OCc1ccccc1. The molecular weight excluding hydrogens is 529 g/mol. The first-order chi connectivity index (χ1) is 19.2. The molecule has 1 amide bonds. The first kappa shape index (κ1) is 27.2. The summed E-state index contributed by atoms with van der Waals surface area (Å²) in [6.45, 7) is 0.903. The van der Waals surface area contributed by atoms with Crippen molar-refractivity contribution in [3.05, 3.63) is 95.3 Å². The summed E-state index contributed by atoms with van der Waals surface area (Å²) in [6, 6.07) is 15.9. The Balaban J connectivity index is 1.56. The lowest BCUT2D eigenvalue weighted by Crippen LogP contribution is -2.42. The summed E-state index contributed by atoms with van der Waals surface area (Å²) in [7, 11) is 0. The van der Waals surface area contributed by atoms with Gasteiger partial charge < -0.3 is 24.2 Å². The van der Waals surface area contributed by atoms with E-state index < -0.39 is 35.6 Å². The molecule has 3 heterocycles. The number of Topliss-reactive ketones (excluding diaryl/α,β-unsaturated/α-hetero) is 1. The third-order valence-corrected chi connectivity index (χ3v) is 6.73. The third kappa shape index (κ3) is 5.79. The highest BCUT2D eigenvalue weighted by atomic mass is 19.4. The number of aliphatic hydroxyl groups is 1. The van der Waals surface area contributed by atoms with Gasteiger partial charge in [-0.15, -0.1) is 13.2 Å². The van der Waals surface area contributed by atoms with Crippen LogP contribution in [-0.4, -0.2) is 52.3 Å². The van der Waals surface area contributed by atoms with E-state index in [1.807, 2.05) is 30.3 Å². The number of aromatic nitrogens is 1. The van der Waals surface area contributed by atoms with Gasteiger partial charge in [0.15, 0.2) is 5.76 Å². The number of carbonyl (C=O) groups excluding carboxylic acids is 2. The van der Waals surface area contributed by atoms with Gasteiger partial charge in [-0.1, -0.05) is 42.5 Å². The number of nitrogens with zero attached hydrogens (tertiary/aromatic N) is 2. The van der Waals surface area contributed by atoms with Crippen molar-refractivity contribution in [1.82, 2.24) is 9.88 Å². The molecule has 2 aliphatic heterocycles. The number of halogens is 3. The van der Waals surface area contributed by atoms with Crippen LogP contribution in [0.3, 0.4) is 0 Å². The lowest BCUT2D eigenvalue weighted by Gasteiger charge is -2.35. The number of carbonyl (C=O) groups is 2. The number of alkyl halides is 3. The number of likely N-dealkylation sites (tertiary alicyclic amines) is 1. The Morgan fingerprint density at radius 3 is 2.38 bits per heavy atom. The molecule has 2 fully saturated rings. The summed E-state index contributed by atoms with van der Waals surface area (Å²) < 4.78 is 53.5. The topological polar surface area (TPSA) is 98.2 Å². The molecule has 1 aromatic heterocycles. The van der Waals surface area contributed by atoms with Crippen molar-refractivity contribution in [2.75, 3.05) is 13.2 Å². The number of rotatable bonds is 7. The monoisotopic (exact) mass is 554 g/mol.